The minimum atomic E-state index is -1.21. The molecule has 1 aliphatic heterocycles. The zero-order valence-corrected chi connectivity index (χ0v) is 6.26. The summed E-state index contributed by atoms with van der Waals surface area (Å²) in [5.41, 5.74) is 0. The summed E-state index contributed by atoms with van der Waals surface area (Å²) in [6.07, 6.45) is -4.66. The Hall–Kier alpha value is -0.270. The highest BCUT2D eigenvalue weighted by Gasteiger charge is 2.37. The molecule has 12 heavy (non-hydrogen) atoms. The van der Waals surface area contributed by atoms with Crippen LogP contribution < -0.4 is 0 Å². The van der Waals surface area contributed by atoms with Crippen molar-refractivity contribution in [1.29, 1.82) is 0 Å². The Labute approximate surface area is 68.2 Å². The van der Waals surface area contributed by atoms with Gasteiger partial charge >= 0.3 is 0 Å². The van der Waals surface area contributed by atoms with Crippen LogP contribution in [0.15, 0.2) is 0 Å². The van der Waals surface area contributed by atoms with Crippen molar-refractivity contribution in [2.75, 3.05) is 6.61 Å². The molecule has 0 aromatic rings. The van der Waals surface area contributed by atoms with Gasteiger partial charge in [-0.1, -0.05) is 0 Å². The molecule has 4 atom stereocenters. The molecule has 0 saturated carbocycles. The Morgan fingerprint density at radius 1 is 1.50 bits per heavy atom. The van der Waals surface area contributed by atoms with Crippen molar-refractivity contribution < 1.29 is 29.5 Å². The standard InChI is InChI=1S/C6H11FO5/c7-12-5-1-3(9)6(10)4(2-8)11-5/h3-6,8-10H,1-2H2. The van der Waals surface area contributed by atoms with Crippen LogP contribution in [0, 0.1) is 0 Å². The van der Waals surface area contributed by atoms with Gasteiger partial charge in [0.1, 0.15) is 12.2 Å². The summed E-state index contributed by atoms with van der Waals surface area (Å²) in [5.74, 6) is 0. The molecule has 4 unspecified atom stereocenters. The lowest BCUT2D eigenvalue weighted by Crippen LogP contribution is -2.50. The number of aliphatic hydroxyl groups is 3. The highest BCUT2D eigenvalue weighted by Crippen LogP contribution is 2.20. The van der Waals surface area contributed by atoms with Crippen molar-refractivity contribution in [2.45, 2.75) is 31.0 Å². The van der Waals surface area contributed by atoms with Crippen LogP contribution in [0.5, 0.6) is 0 Å². The predicted molar refractivity (Wildman–Crippen MR) is 34.6 cm³/mol. The average Bonchev–Trinajstić information content (AvgIpc) is 2.09. The zero-order chi connectivity index (χ0) is 9.14. The van der Waals surface area contributed by atoms with Gasteiger partial charge in [0, 0.05) is 6.42 Å². The molecular formula is C6H11FO5. The number of halogens is 1. The molecule has 1 heterocycles. The molecule has 72 valence electrons. The minimum absolute atomic E-state index is 0.145. The maximum Gasteiger partial charge on any atom is 0.199 e. The summed E-state index contributed by atoms with van der Waals surface area (Å²) in [6.45, 7) is -0.488. The van der Waals surface area contributed by atoms with Crippen molar-refractivity contribution in [1.82, 2.24) is 0 Å². The van der Waals surface area contributed by atoms with E-state index in [1.54, 1.807) is 0 Å². The van der Waals surface area contributed by atoms with Crippen LogP contribution in [0.1, 0.15) is 6.42 Å². The third kappa shape index (κ3) is 1.90. The molecule has 0 bridgehead atoms. The van der Waals surface area contributed by atoms with Crippen LogP contribution in [0.4, 0.5) is 4.53 Å². The molecule has 1 fully saturated rings. The molecule has 0 aromatic heterocycles. The quantitative estimate of drug-likeness (QED) is 0.495. The summed E-state index contributed by atoms with van der Waals surface area (Å²) in [6, 6.07) is 0. The van der Waals surface area contributed by atoms with E-state index in [0.717, 1.165) is 0 Å². The molecule has 1 saturated heterocycles. The van der Waals surface area contributed by atoms with E-state index in [-0.39, 0.29) is 6.42 Å². The first-order chi connectivity index (χ1) is 5.69. The molecule has 0 amide bonds. The van der Waals surface area contributed by atoms with E-state index in [9.17, 15) is 4.53 Å². The van der Waals surface area contributed by atoms with E-state index in [1.165, 1.54) is 0 Å². The number of hydrogen-bond donors (Lipinski definition) is 3. The third-order valence-electron chi connectivity index (χ3n) is 1.81. The third-order valence-corrected chi connectivity index (χ3v) is 1.81. The van der Waals surface area contributed by atoms with E-state index < -0.39 is 31.2 Å². The van der Waals surface area contributed by atoms with E-state index in [4.69, 9.17) is 20.1 Å². The normalized spacial score (nSPS) is 43.0. The number of hydrogen-bond acceptors (Lipinski definition) is 5. The summed E-state index contributed by atoms with van der Waals surface area (Å²) >= 11 is 0. The molecule has 1 aliphatic rings. The lowest BCUT2D eigenvalue weighted by molar-refractivity contribution is -0.329. The Kier molecular flexibility index (Phi) is 3.36. The van der Waals surface area contributed by atoms with Crippen molar-refractivity contribution in [2.24, 2.45) is 0 Å². The molecule has 0 aliphatic carbocycles. The molecule has 1 rings (SSSR count). The molecule has 3 N–H and O–H groups in total. The van der Waals surface area contributed by atoms with Crippen molar-refractivity contribution in [3.63, 3.8) is 0 Å². The number of rotatable bonds is 2. The Morgan fingerprint density at radius 3 is 2.67 bits per heavy atom. The molecular weight excluding hydrogens is 171 g/mol. The smallest absolute Gasteiger partial charge is 0.199 e. The highest BCUT2D eigenvalue weighted by atomic mass is 19.3. The predicted octanol–water partition coefficient (Wildman–Crippen LogP) is -1.28. The fourth-order valence-corrected chi connectivity index (χ4v) is 1.12. The first-order valence-corrected chi connectivity index (χ1v) is 3.59. The van der Waals surface area contributed by atoms with Gasteiger partial charge in [-0.2, -0.15) is 4.94 Å². The van der Waals surface area contributed by atoms with Crippen LogP contribution >= 0.6 is 0 Å². The van der Waals surface area contributed by atoms with Gasteiger partial charge in [-0.05, 0) is 4.53 Å². The second-order valence-electron chi connectivity index (χ2n) is 2.67. The van der Waals surface area contributed by atoms with Gasteiger partial charge in [-0.15, -0.1) is 0 Å². The first kappa shape index (κ1) is 9.82. The first-order valence-electron chi connectivity index (χ1n) is 3.59. The van der Waals surface area contributed by atoms with E-state index in [2.05, 4.69) is 4.94 Å². The maximum absolute atomic E-state index is 11.6. The lowest BCUT2D eigenvalue weighted by Gasteiger charge is -2.33. The Bertz CT molecular complexity index is 144. The van der Waals surface area contributed by atoms with Gasteiger partial charge in [0.25, 0.3) is 0 Å². The topological polar surface area (TPSA) is 79.2 Å². The number of ether oxygens (including phenoxy) is 1. The summed E-state index contributed by atoms with van der Waals surface area (Å²) in [4.78, 5) is 3.34. The molecule has 0 radical (unpaired) electrons. The van der Waals surface area contributed by atoms with Crippen molar-refractivity contribution >= 4 is 0 Å². The van der Waals surface area contributed by atoms with Gasteiger partial charge in [0.2, 0.25) is 0 Å². The van der Waals surface area contributed by atoms with Crippen LogP contribution in [-0.2, 0) is 9.68 Å². The van der Waals surface area contributed by atoms with Crippen LogP contribution in [-0.4, -0.2) is 46.5 Å². The zero-order valence-electron chi connectivity index (χ0n) is 6.26. The number of aliphatic hydroxyl groups excluding tert-OH is 3. The second-order valence-corrected chi connectivity index (χ2v) is 2.67. The maximum atomic E-state index is 11.6. The molecule has 6 heteroatoms. The molecule has 0 aromatic carbocycles. The fourth-order valence-electron chi connectivity index (χ4n) is 1.12. The van der Waals surface area contributed by atoms with Gasteiger partial charge < -0.3 is 20.1 Å². The van der Waals surface area contributed by atoms with Crippen LogP contribution in [0.25, 0.3) is 0 Å². The fraction of sp³-hybridized carbons (Fsp3) is 1.00. The van der Waals surface area contributed by atoms with Crippen molar-refractivity contribution in [3.05, 3.63) is 0 Å². The average molecular weight is 182 g/mol. The van der Waals surface area contributed by atoms with E-state index in [0.29, 0.717) is 0 Å². The summed E-state index contributed by atoms with van der Waals surface area (Å²) in [7, 11) is 0. The highest BCUT2D eigenvalue weighted by molar-refractivity contribution is 4.81. The van der Waals surface area contributed by atoms with Gasteiger partial charge in [0.05, 0.1) is 12.7 Å². The SMILES string of the molecule is OCC1OC(OF)CC(O)C1O. The largest absolute Gasteiger partial charge is 0.394 e. The van der Waals surface area contributed by atoms with Gasteiger partial charge in [0.15, 0.2) is 6.29 Å². The Morgan fingerprint density at radius 2 is 2.17 bits per heavy atom. The molecule has 5 nitrogen and oxygen atoms in total. The van der Waals surface area contributed by atoms with E-state index in [1.807, 2.05) is 0 Å². The monoisotopic (exact) mass is 182 g/mol. The van der Waals surface area contributed by atoms with E-state index >= 15 is 0 Å². The summed E-state index contributed by atoms with van der Waals surface area (Å²) < 4.78 is 16.3. The van der Waals surface area contributed by atoms with Crippen molar-refractivity contribution in [3.8, 4) is 0 Å². The lowest BCUT2D eigenvalue weighted by atomic mass is 10.0. The minimum Gasteiger partial charge on any atom is -0.394 e. The van der Waals surface area contributed by atoms with Crippen LogP contribution in [0.2, 0.25) is 0 Å². The summed E-state index contributed by atoms with van der Waals surface area (Å²) in [5, 5.41) is 26.8. The van der Waals surface area contributed by atoms with Crippen LogP contribution in [0.3, 0.4) is 0 Å². The molecule has 0 spiro atoms. The van der Waals surface area contributed by atoms with Gasteiger partial charge in [-0.25, -0.2) is 0 Å². The Balaban J connectivity index is 2.52. The van der Waals surface area contributed by atoms with Gasteiger partial charge in [-0.3, -0.25) is 0 Å². The second kappa shape index (κ2) is 4.11.